The quantitative estimate of drug-likeness (QED) is 0.686. The molecule has 0 fully saturated rings. The van der Waals surface area contributed by atoms with Crippen molar-refractivity contribution in [3.8, 4) is 5.69 Å². The van der Waals surface area contributed by atoms with E-state index in [9.17, 15) is 14.4 Å². The Kier molecular flexibility index (Phi) is 3.37. The molecule has 23 heavy (non-hydrogen) atoms. The summed E-state index contributed by atoms with van der Waals surface area (Å²) in [5.74, 6) is -1.06. The molecule has 0 bridgehead atoms. The summed E-state index contributed by atoms with van der Waals surface area (Å²) < 4.78 is 2.67. The summed E-state index contributed by atoms with van der Waals surface area (Å²) in [6.45, 7) is 3.98. The molecule has 0 saturated carbocycles. The van der Waals surface area contributed by atoms with Crippen LogP contribution in [0.5, 0.6) is 0 Å². The Morgan fingerprint density at radius 1 is 0.913 bits per heavy atom. The first-order valence-corrected chi connectivity index (χ1v) is 7.19. The standard InChI is InChI=1S/C14H13N5O3S/c1-8(20)17-14(23)16-11-6-4-5-7-12(11)18(9(2)21)19(10(3)22)13(16)15-17/h4-7H,1-3H3. The number of carbonyl (C=O) groups excluding carboxylic acids is 3. The molecular weight excluding hydrogens is 318 g/mol. The molecule has 0 N–H and O–H groups in total. The highest BCUT2D eigenvalue weighted by atomic mass is 32.1. The van der Waals surface area contributed by atoms with Gasteiger partial charge in [0, 0.05) is 20.8 Å². The average molecular weight is 331 g/mol. The van der Waals surface area contributed by atoms with Gasteiger partial charge in [0.2, 0.25) is 22.5 Å². The minimum absolute atomic E-state index is 0.103. The van der Waals surface area contributed by atoms with Crippen LogP contribution in [0.25, 0.3) is 5.69 Å². The molecule has 118 valence electrons. The highest BCUT2D eigenvalue weighted by molar-refractivity contribution is 7.71. The van der Waals surface area contributed by atoms with E-state index in [0.29, 0.717) is 11.4 Å². The average Bonchev–Trinajstić information content (AvgIpc) is 2.83. The number of para-hydroxylation sites is 2. The molecule has 2 heterocycles. The fourth-order valence-electron chi connectivity index (χ4n) is 2.53. The van der Waals surface area contributed by atoms with Crippen molar-refractivity contribution < 1.29 is 14.4 Å². The Bertz CT molecular complexity index is 913. The van der Waals surface area contributed by atoms with Gasteiger partial charge in [0.15, 0.2) is 0 Å². The van der Waals surface area contributed by atoms with Gasteiger partial charge in [-0.1, -0.05) is 12.1 Å². The van der Waals surface area contributed by atoms with Crippen molar-refractivity contribution in [2.24, 2.45) is 0 Å². The summed E-state index contributed by atoms with van der Waals surface area (Å²) >= 11 is 5.31. The molecular formula is C14H13N5O3S. The number of hydrogen-bond donors (Lipinski definition) is 0. The van der Waals surface area contributed by atoms with E-state index in [1.165, 1.54) is 30.3 Å². The third-order valence-electron chi connectivity index (χ3n) is 3.40. The number of fused-ring (bicyclic) bond motifs is 3. The molecule has 0 unspecified atom stereocenters. The minimum Gasteiger partial charge on any atom is -0.273 e. The van der Waals surface area contributed by atoms with Gasteiger partial charge < -0.3 is 0 Å². The molecule has 1 aliphatic heterocycles. The van der Waals surface area contributed by atoms with E-state index in [1.54, 1.807) is 24.3 Å². The predicted molar refractivity (Wildman–Crippen MR) is 85.0 cm³/mol. The lowest BCUT2D eigenvalue weighted by atomic mass is 10.2. The molecule has 1 aromatic carbocycles. The lowest BCUT2D eigenvalue weighted by Crippen LogP contribution is -2.52. The van der Waals surface area contributed by atoms with Crippen molar-refractivity contribution in [2.75, 3.05) is 10.0 Å². The van der Waals surface area contributed by atoms with Crippen LogP contribution in [-0.4, -0.2) is 32.1 Å². The maximum atomic E-state index is 12.1. The Morgan fingerprint density at radius 3 is 2.00 bits per heavy atom. The number of hydrogen-bond acceptors (Lipinski definition) is 5. The first-order chi connectivity index (χ1) is 10.8. The van der Waals surface area contributed by atoms with E-state index in [1.807, 2.05) is 0 Å². The molecule has 0 radical (unpaired) electrons. The zero-order valence-corrected chi connectivity index (χ0v) is 13.5. The maximum Gasteiger partial charge on any atom is 0.257 e. The van der Waals surface area contributed by atoms with Crippen LogP contribution >= 0.6 is 12.2 Å². The van der Waals surface area contributed by atoms with Gasteiger partial charge in [-0.05, 0) is 24.4 Å². The summed E-state index contributed by atoms with van der Waals surface area (Å²) in [4.78, 5) is 36.0. The number of nitrogens with zero attached hydrogens (tertiary/aromatic N) is 5. The van der Waals surface area contributed by atoms with Crippen LogP contribution < -0.4 is 10.0 Å². The van der Waals surface area contributed by atoms with Gasteiger partial charge >= 0.3 is 0 Å². The second kappa shape index (κ2) is 5.13. The van der Waals surface area contributed by atoms with Crippen molar-refractivity contribution in [2.45, 2.75) is 20.8 Å². The van der Waals surface area contributed by atoms with E-state index >= 15 is 0 Å². The molecule has 9 heteroatoms. The van der Waals surface area contributed by atoms with Gasteiger partial charge in [0.1, 0.15) is 0 Å². The molecule has 2 amide bonds. The minimum atomic E-state index is -0.424. The van der Waals surface area contributed by atoms with Crippen molar-refractivity contribution in [3.05, 3.63) is 29.0 Å². The Morgan fingerprint density at radius 2 is 1.48 bits per heavy atom. The monoisotopic (exact) mass is 331 g/mol. The Balaban J connectivity index is 2.43. The van der Waals surface area contributed by atoms with Crippen LogP contribution in [-0.2, 0) is 9.59 Å². The van der Waals surface area contributed by atoms with Crippen LogP contribution in [0.2, 0.25) is 0 Å². The first kappa shape index (κ1) is 15.1. The molecule has 1 aliphatic rings. The van der Waals surface area contributed by atoms with E-state index in [0.717, 1.165) is 9.69 Å². The van der Waals surface area contributed by atoms with Crippen LogP contribution in [0, 0.1) is 4.77 Å². The summed E-state index contributed by atoms with van der Waals surface area (Å²) in [5.41, 5.74) is 1.06. The number of carbonyl (C=O) groups is 3. The Labute approximate surface area is 136 Å². The van der Waals surface area contributed by atoms with Crippen molar-refractivity contribution in [1.29, 1.82) is 0 Å². The molecule has 2 aromatic rings. The molecule has 1 aromatic heterocycles. The Hall–Kier alpha value is -2.81. The number of anilines is 2. The molecule has 8 nitrogen and oxygen atoms in total. The molecule has 0 spiro atoms. The highest BCUT2D eigenvalue weighted by Gasteiger charge is 2.37. The number of amides is 2. The molecule has 3 rings (SSSR count). The highest BCUT2D eigenvalue weighted by Crippen LogP contribution is 2.36. The molecule has 0 atom stereocenters. The van der Waals surface area contributed by atoms with Gasteiger partial charge in [-0.25, -0.2) is 9.58 Å². The summed E-state index contributed by atoms with van der Waals surface area (Å²) in [7, 11) is 0. The van der Waals surface area contributed by atoms with Gasteiger partial charge in [0.05, 0.1) is 11.4 Å². The fourth-order valence-corrected chi connectivity index (χ4v) is 2.88. The van der Waals surface area contributed by atoms with Crippen molar-refractivity contribution in [1.82, 2.24) is 14.3 Å². The zero-order valence-electron chi connectivity index (χ0n) is 12.7. The fraction of sp³-hybridized carbons (Fsp3) is 0.214. The van der Waals surface area contributed by atoms with Gasteiger partial charge in [-0.3, -0.25) is 14.4 Å². The summed E-state index contributed by atoms with van der Waals surface area (Å²) in [5, 5.41) is 6.45. The van der Waals surface area contributed by atoms with E-state index < -0.39 is 5.91 Å². The van der Waals surface area contributed by atoms with E-state index in [2.05, 4.69) is 5.10 Å². The maximum absolute atomic E-state index is 12.1. The van der Waals surface area contributed by atoms with Crippen LogP contribution in [0.15, 0.2) is 24.3 Å². The van der Waals surface area contributed by atoms with Crippen LogP contribution in [0.1, 0.15) is 25.6 Å². The summed E-state index contributed by atoms with van der Waals surface area (Å²) in [6.07, 6.45) is 0. The lowest BCUT2D eigenvalue weighted by molar-refractivity contribution is -0.121. The molecule has 0 saturated heterocycles. The van der Waals surface area contributed by atoms with Gasteiger partial charge in [0.25, 0.3) is 5.95 Å². The predicted octanol–water partition coefficient (Wildman–Crippen LogP) is 1.70. The topological polar surface area (TPSA) is 80.4 Å². The number of hydrazine groups is 1. The number of benzene rings is 1. The van der Waals surface area contributed by atoms with Crippen molar-refractivity contribution >= 4 is 41.6 Å². The zero-order chi connectivity index (χ0) is 16.9. The summed E-state index contributed by atoms with van der Waals surface area (Å²) in [6, 6.07) is 6.96. The second-order valence-electron chi connectivity index (χ2n) is 5.00. The lowest BCUT2D eigenvalue weighted by Gasteiger charge is -2.37. The third-order valence-corrected chi connectivity index (χ3v) is 3.75. The third kappa shape index (κ3) is 2.08. The van der Waals surface area contributed by atoms with E-state index in [-0.39, 0.29) is 22.5 Å². The largest absolute Gasteiger partial charge is 0.273 e. The van der Waals surface area contributed by atoms with Crippen LogP contribution in [0.4, 0.5) is 11.6 Å². The van der Waals surface area contributed by atoms with Gasteiger partial charge in [-0.2, -0.15) is 9.69 Å². The normalized spacial score (nSPS) is 12.7. The smallest absolute Gasteiger partial charge is 0.257 e. The number of aromatic nitrogens is 3. The SMILES string of the molecule is CC(=O)N1c2ccccc2-n2c(nn(C(C)=O)c2=S)N1C(C)=O. The van der Waals surface area contributed by atoms with Crippen molar-refractivity contribution in [3.63, 3.8) is 0 Å². The second-order valence-corrected chi connectivity index (χ2v) is 5.36. The van der Waals surface area contributed by atoms with Crippen LogP contribution in [0.3, 0.4) is 0 Å². The first-order valence-electron chi connectivity index (χ1n) is 6.78. The molecule has 0 aliphatic carbocycles. The van der Waals surface area contributed by atoms with Gasteiger partial charge in [-0.15, -0.1) is 5.10 Å². The number of rotatable bonds is 0. The van der Waals surface area contributed by atoms with E-state index in [4.69, 9.17) is 12.2 Å².